The molecule has 65 heavy (non-hydrogen) atoms. The Kier molecular flexibility index (Phi) is 13.9. The number of carbonyl (C=O) groups is 4. The van der Waals surface area contributed by atoms with Crippen molar-refractivity contribution in [1.82, 2.24) is 35.2 Å². The van der Waals surface area contributed by atoms with Crippen molar-refractivity contribution in [3.63, 3.8) is 0 Å². The van der Waals surface area contributed by atoms with Crippen LogP contribution >= 0.6 is 11.3 Å². The van der Waals surface area contributed by atoms with Crippen LogP contribution < -0.4 is 20.1 Å². The van der Waals surface area contributed by atoms with Crippen LogP contribution in [-0.4, -0.2) is 92.7 Å². The zero-order chi connectivity index (χ0) is 47.0. The molecule has 2 saturated carbocycles. The van der Waals surface area contributed by atoms with Gasteiger partial charge in [-0.1, -0.05) is 57.2 Å². The van der Waals surface area contributed by atoms with E-state index in [1.54, 1.807) is 45.9 Å². The highest BCUT2D eigenvalue weighted by atomic mass is 32.2. The van der Waals surface area contributed by atoms with E-state index in [9.17, 15) is 27.6 Å². The fourth-order valence-corrected chi connectivity index (χ4v) is 10.9. The molecule has 3 N–H and O–H groups in total. The van der Waals surface area contributed by atoms with Crippen molar-refractivity contribution < 1.29 is 50.2 Å². The Labute approximate surface area is 381 Å². The van der Waals surface area contributed by atoms with Gasteiger partial charge < -0.3 is 25.0 Å². The third kappa shape index (κ3) is 10.9. The van der Waals surface area contributed by atoms with Crippen LogP contribution in [0.3, 0.4) is 0 Å². The molecule has 20 heteroatoms. The summed E-state index contributed by atoms with van der Waals surface area (Å²) in [5, 5.41) is 7.81. The molecule has 0 radical (unpaired) electrons. The Morgan fingerprint density at radius 2 is 1.71 bits per heavy atom. The first kappa shape index (κ1) is 48.1. The monoisotopic (exact) mass is 945 g/mol. The van der Waals surface area contributed by atoms with Gasteiger partial charge in [-0.15, -0.1) is 11.3 Å². The third-order valence-electron chi connectivity index (χ3n) is 12.7. The summed E-state index contributed by atoms with van der Waals surface area (Å²) in [5.74, 6) is -3.20. The first-order valence-electron chi connectivity index (χ1n) is 22.5. The molecule has 0 bridgehead atoms. The number of thiazole rings is 1. The Hall–Kier alpha value is -4.85. The highest BCUT2D eigenvalue weighted by Gasteiger charge is 2.53. The Bertz CT molecular complexity index is 2430. The van der Waals surface area contributed by atoms with Crippen LogP contribution in [0.2, 0.25) is 0 Å². The summed E-state index contributed by atoms with van der Waals surface area (Å²) in [6.45, 7) is 7.66. The maximum absolute atomic E-state index is 15.0. The zero-order valence-corrected chi connectivity index (χ0v) is 39.0. The van der Waals surface area contributed by atoms with E-state index in [2.05, 4.69) is 25.3 Å². The molecule has 3 aromatic rings. The molecule has 4 heterocycles. The minimum absolute atomic E-state index is 0.0226. The average Bonchev–Trinajstić information content (AvgIpc) is 3.61. The van der Waals surface area contributed by atoms with Gasteiger partial charge in [-0.2, -0.15) is 13.2 Å². The van der Waals surface area contributed by atoms with Crippen LogP contribution in [-0.2, 0) is 35.3 Å². The lowest BCUT2D eigenvalue weighted by Crippen LogP contribution is -2.62. The van der Waals surface area contributed by atoms with Crippen molar-refractivity contribution in [3.05, 3.63) is 47.1 Å². The van der Waals surface area contributed by atoms with Gasteiger partial charge in [-0.05, 0) is 91.2 Å². The molecule has 1 aromatic carbocycles. The second kappa shape index (κ2) is 18.8. The van der Waals surface area contributed by atoms with Gasteiger partial charge in [-0.3, -0.25) is 19.1 Å². The molecule has 0 unspecified atom stereocenters. The molecule has 4 aliphatic rings. The van der Waals surface area contributed by atoms with Gasteiger partial charge in [0.15, 0.2) is 0 Å². The number of benzene rings is 1. The van der Waals surface area contributed by atoms with Gasteiger partial charge in [-0.25, -0.2) is 28.2 Å². The van der Waals surface area contributed by atoms with Gasteiger partial charge in [0.1, 0.15) is 34.3 Å². The van der Waals surface area contributed by atoms with E-state index in [0.29, 0.717) is 49.1 Å². The van der Waals surface area contributed by atoms with Crippen molar-refractivity contribution in [2.75, 3.05) is 6.54 Å². The second-order valence-corrected chi connectivity index (χ2v) is 21.9. The minimum Gasteiger partial charge on any atom is -0.471 e. The lowest BCUT2D eigenvalue weighted by atomic mass is 9.87. The number of nitrogens with zero attached hydrogens (tertiary/aromatic N) is 4. The Morgan fingerprint density at radius 1 is 1.00 bits per heavy atom. The summed E-state index contributed by atoms with van der Waals surface area (Å²) in [4.78, 5) is 70.8. The molecular weight excluding hydrogens is 888 g/mol. The fraction of sp³-hybridized carbons (Fsp3) is 0.622. The van der Waals surface area contributed by atoms with Crippen LogP contribution in [0.25, 0.3) is 21.6 Å². The summed E-state index contributed by atoms with van der Waals surface area (Å²) in [7, 11) is -4.15. The van der Waals surface area contributed by atoms with Gasteiger partial charge in [0.2, 0.25) is 33.4 Å². The number of carbonyl (C=O) groups excluding carboxylic acids is 4. The predicted octanol–water partition coefficient (Wildman–Crippen LogP) is 7.85. The normalized spacial score (nSPS) is 25.2. The molecule has 2 aliphatic heterocycles. The van der Waals surface area contributed by atoms with Crippen molar-refractivity contribution in [1.29, 1.82) is 0 Å². The van der Waals surface area contributed by atoms with Crippen molar-refractivity contribution in [2.45, 2.75) is 171 Å². The first-order chi connectivity index (χ1) is 30.6. The maximum Gasteiger partial charge on any atom is 0.438 e. The molecule has 1 saturated heterocycles. The highest BCUT2D eigenvalue weighted by molar-refractivity contribution is 7.91. The summed E-state index contributed by atoms with van der Waals surface area (Å²) in [6, 6.07) is 2.15. The van der Waals surface area contributed by atoms with E-state index < -0.39 is 92.2 Å². The molecule has 3 fully saturated rings. The number of para-hydroxylation sites is 1. The number of hydrogen-bond donors (Lipinski definition) is 3. The second-order valence-electron chi connectivity index (χ2n) is 18.9. The smallest absolute Gasteiger partial charge is 0.438 e. The minimum atomic E-state index is -5.04. The average molecular weight is 946 g/mol. The quantitative estimate of drug-likeness (QED) is 0.177. The number of rotatable bonds is 9. The summed E-state index contributed by atoms with van der Waals surface area (Å²) in [6.07, 6.45) is 3.77. The first-order valence-corrected chi connectivity index (χ1v) is 24.9. The van der Waals surface area contributed by atoms with Crippen LogP contribution in [0.1, 0.15) is 142 Å². The topological polar surface area (TPSA) is 199 Å². The van der Waals surface area contributed by atoms with E-state index >= 15 is 13.2 Å². The third-order valence-corrected chi connectivity index (χ3v) is 15.8. The Balaban J connectivity index is 1.23. The lowest BCUT2D eigenvalue weighted by Gasteiger charge is -2.34. The molecule has 2 aliphatic carbocycles. The van der Waals surface area contributed by atoms with Gasteiger partial charge in [0.05, 0.1) is 28.0 Å². The van der Waals surface area contributed by atoms with Gasteiger partial charge >= 0.3 is 12.3 Å². The molecule has 4 atom stereocenters. The van der Waals surface area contributed by atoms with E-state index in [0.717, 1.165) is 42.7 Å². The standard InChI is InChI=1S/C45H58F3N7O8S2/c1-6-44(40(58)54-65(60,61)43(5)22-23-43)21-14-9-7-8-13-19-31(51-41(59)63-42(2,3)4)39(57)55-25-28(24-33(55)36(56)53-44)62-37-35(45(46,47)48)52-34-29(18-15-20-30(34)49-37)38-50-32(26-64-38)27-16-11-10-12-17-27/h14-15,18,20-21,26-28,31,33H,6-13,16-17,19,22-25H2,1-5H3,(H,51,59)(H,53,56)(H,54,58)/b21-14-/t28-,31+,33+,44-/m1/s1. The number of sulfonamides is 1. The maximum atomic E-state index is 15.0. The fourth-order valence-electron chi connectivity index (χ4n) is 8.63. The number of nitrogens with one attached hydrogen (secondary N) is 3. The van der Waals surface area contributed by atoms with Crippen LogP contribution in [0.15, 0.2) is 35.7 Å². The number of allylic oxidation sites excluding steroid dienone is 1. The Morgan fingerprint density at radius 3 is 2.38 bits per heavy atom. The van der Waals surface area contributed by atoms with Crippen LogP contribution in [0.4, 0.5) is 18.0 Å². The largest absolute Gasteiger partial charge is 0.471 e. The van der Waals surface area contributed by atoms with E-state index in [4.69, 9.17) is 14.5 Å². The van der Waals surface area contributed by atoms with Crippen LogP contribution in [0.5, 0.6) is 5.88 Å². The predicted molar refractivity (Wildman–Crippen MR) is 237 cm³/mol. The van der Waals surface area contributed by atoms with Gasteiger partial charge in [0, 0.05) is 23.3 Å². The molecule has 2 aromatic heterocycles. The molecule has 7 rings (SSSR count). The van der Waals surface area contributed by atoms with Crippen molar-refractivity contribution in [3.8, 4) is 16.5 Å². The summed E-state index contributed by atoms with van der Waals surface area (Å²) >= 11 is 1.33. The van der Waals surface area contributed by atoms with E-state index in [-0.39, 0.29) is 36.2 Å². The molecule has 354 valence electrons. The zero-order valence-electron chi connectivity index (χ0n) is 37.4. The molecule has 0 spiro atoms. The van der Waals surface area contributed by atoms with Crippen LogP contribution in [0, 0.1) is 0 Å². The SMILES string of the molecule is CC[C@]1(C(=O)NS(=O)(=O)C2(C)CC2)/C=C\CCCCC[C@H](NC(=O)OC(C)(C)C)C(=O)N2C[C@H](Oc3nc4cccc(-c5nc(C6CCCCC6)cs5)c4nc3C(F)(F)F)C[C@H]2C(=O)N1. The number of halogens is 3. The number of hydrogen-bond acceptors (Lipinski definition) is 12. The summed E-state index contributed by atoms with van der Waals surface area (Å²) < 4.78 is 84.1. The molecular formula is C45H58F3N7O8S2. The van der Waals surface area contributed by atoms with E-state index in [1.165, 1.54) is 30.4 Å². The van der Waals surface area contributed by atoms with E-state index in [1.807, 2.05) is 5.38 Å². The summed E-state index contributed by atoms with van der Waals surface area (Å²) in [5.41, 5.74) is -2.85. The number of alkyl carbamates (subject to hydrolysis) is 1. The number of fused-ring (bicyclic) bond motifs is 2. The van der Waals surface area contributed by atoms with Crippen molar-refractivity contribution >= 4 is 56.2 Å². The van der Waals surface area contributed by atoms with Crippen molar-refractivity contribution in [2.24, 2.45) is 0 Å². The number of alkyl halides is 3. The molecule has 4 amide bonds. The van der Waals surface area contributed by atoms with Gasteiger partial charge in [0.25, 0.3) is 5.91 Å². The molecule has 15 nitrogen and oxygen atoms in total. The number of amides is 4. The number of ether oxygens (including phenoxy) is 2. The lowest BCUT2D eigenvalue weighted by molar-refractivity contribution is -0.143. The highest BCUT2D eigenvalue weighted by Crippen LogP contribution is 2.43. The number of aromatic nitrogens is 3.